The van der Waals surface area contributed by atoms with E-state index in [1.54, 1.807) is 6.92 Å². The van der Waals surface area contributed by atoms with Crippen LogP contribution in [0.15, 0.2) is 11.6 Å². The zero-order chi connectivity index (χ0) is 5.86. The van der Waals surface area contributed by atoms with Crippen LogP contribution in [0, 0.1) is 0 Å². The highest BCUT2D eigenvalue weighted by Gasteiger charge is 1.88. The minimum absolute atomic E-state index is 0.262. The quantitative estimate of drug-likeness (QED) is 0.461. The van der Waals surface area contributed by atoms with E-state index in [9.17, 15) is 4.39 Å². The first-order valence-corrected chi connectivity index (χ1v) is 2.05. The zero-order valence-electron chi connectivity index (χ0n) is 4.79. The van der Waals surface area contributed by atoms with Crippen molar-refractivity contribution in [3.05, 3.63) is 11.6 Å². The van der Waals surface area contributed by atoms with Gasteiger partial charge in [0.05, 0.1) is 7.11 Å². The molecule has 0 aromatic rings. The molecular weight excluding hydrogens is 95.1 g/mol. The normalized spacial score (nSPS) is 13.1. The van der Waals surface area contributed by atoms with Gasteiger partial charge in [-0.25, -0.2) is 4.39 Å². The van der Waals surface area contributed by atoms with Gasteiger partial charge in [-0.1, -0.05) is 0 Å². The molecule has 0 heterocycles. The van der Waals surface area contributed by atoms with Crippen LogP contribution < -0.4 is 0 Å². The molecule has 0 aromatic heterocycles. The molecule has 0 N–H and O–H groups in total. The number of halogens is 1. The van der Waals surface area contributed by atoms with Crippen molar-refractivity contribution in [2.24, 2.45) is 0 Å². The summed E-state index contributed by atoms with van der Waals surface area (Å²) in [6, 6.07) is 0. The van der Waals surface area contributed by atoms with Crippen LogP contribution in [0.25, 0.3) is 0 Å². The Bertz CT molecular complexity index is 82.1. The number of methoxy groups -OCH3 is 1. The van der Waals surface area contributed by atoms with E-state index in [1.807, 2.05) is 0 Å². The molecule has 0 spiro atoms. The number of allylic oxidation sites excluding steroid dienone is 2. The lowest BCUT2D eigenvalue weighted by atomic mass is 10.5. The van der Waals surface area contributed by atoms with Gasteiger partial charge in [-0.2, -0.15) is 0 Å². The van der Waals surface area contributed by atoms with Gasteiger partial charge in [-0.15, -0.1) is 0 Å². The molecule has 7 heavy (non-hydrogen) atoms. The first-order chi connectivity index (χ1) is 3.18. The van der Waals surface area contributed by atoms with Crippen LogP contribution in [0.2, 0.25) is 0 Å². The monoisotopic (exact) mass is 104 g/mol. The lowest BCUT2D eigenvalue weighted by Gasteiger charge is -1.95. The van der Waals surface area contributed by atoms with Crippen LogP contribution in [0.4, 0.5) is 4.39 Å². The summed E-state index contributed by atoms with van der Waals surface area (Å²) in [6.07, 6.45) is 0. The third kappa shape index (κ3) is 2.20. The first kappa shape index (κ1) is 6.47. The fourth-order valence-corrected chi connectivity index (χ4v) is 0.141. The van der Waals surface area contributed by atoms with Gasteiger partial charge in [0, 0.05) is 0 Å². The molecule has 0 radical (unpaired) electrons. The molecule has 0 unspecified atom stereocenters. The summed E-state index contributed by atoms with van der Waals surface area (Å²) in [5.74, 6) is 0.0856. The van der Waals surface area contributed by atoms with E-state index in [2.05, 4.69) is 4.74 Å². The molecule has 0 aliphatic heterocycles. The van der Waals surface area contributed by atoms with Crippen LogP contribution in [-0.2, 0) is 4.74 Å². The number of hydrogen-bond donors (Lipinski definition) is 0. The van der Waals surface area contributed by atoms with E-state index in [1.165, 1.54) is 14.0 Å². The van der Waals surface area contributed by atoms with Crippen molar-refractivity contribution >= 4 is 0 Å². The maximum absolute atomic E-state index is 11.8. The smallest absolute Gasteiger partial charge is 0.134 e. The van der Waals surface area contributed by atoms with Crippen molar-refractivity contribution in [3.63, 3.8) is 0 Å². The Morgan fingerprint density at radius 1 is 1.43 bits per heavy atom. The summed E-state index contributed by atoms with van der Waals surface area (Å²) in [4.78, 5) is 0. The van der Waals surface area contributed by atoms with E-state index in [0.717, 1.165) is 0 Å². The van der Waals surface area contributed by atoms with Crippen molar-refractivity contribution in [1.82, 2.24) is 0 Å². The van der Waals surface area contributed by atoms with Crippen LogP contribution in [0.1, 0.15) is 13.8 Å². The van der Waals surface area contributed by atoms with Crippen molar-refractivity contribution in [2.45, 2.75) is 13.8 Å². The molecule has 0 aliphatic rings. The molecular formula is C5H9FO. The van der Waals surface area contributed by atoms with Crippen LogP contribution in [0.5, 0.6) is 0 Å². The van der Waals surface area contributed by atoms with E-state index in [0.29, 0.717) is 5.76 Å². The van der Waals surface area contributed by atoms with Gasteiger partial charge in [-0.3, -0.25) is 0 Å². The molecule has 0 aliphatic carbocycles. The summed E-state index contributed by atoms with van der Waals surface area (Å²) in [5, 5.41) is 0. The van der Waals surface area contributed by atoms with E-state index in [-0.39, 0.29) is 5.83 Å². The molecule has 0 atom stereocenters. The summed E-state index contributed by atoms with van der Waals surface area (Å²) in [6.45, 7) is 2.94. The Balaban J connectivity index is 3.72. The van der Waals surface area contributed by atoms with Gasteiger partial charge >= 0.3 is 0 Å². The molecule has 1 nitrogen and oxygen atoms in total. The highest BCUT2D eigenvalue weighted by atomic mass is 19.1. The maximum atomic E-state index is 11.8. The molecule has 0 saturated heterocycles. The fourth-order valence-electron chi connectivity index (χ4n) is 0.141. The molecule has 0 bridgehead atoms. The molecule has 0 rings (SSSR count). The number of hydrogen-bond acceptors (Lipinski definition) is 1. The second-order valence-corrected chi connectivity index (χ2v) is 1.29. The zero-order valence-corrected chi connectivity index (χ0v) is 4.79. The standard InChI is InChI=1S/C5H9FO/c1-4(6)5(2)7-3/h1-3H3. The van der Waals surface area contributed by atoms with Gasteiger partial charge < -0.3 is 4.74 Å². The topological polar surface area (TPSA) is 9.23 Å². The predicted octanol–water partition coefficient (Wildman–Crippen LogP) is 1.85. The lowest BCUT2D eigenvalue weighted by molar-refractivity contribution is 0.277. The van der Waals surface area contributed by atoms with Gasteiger partial charge in [0.2, 0.25) is 0 Å². The minimum Gasteiger partial charge on any atom is -0.499 e. The minimum atomic E-state index is -0.262. The molecule has 0 fully saturated rings. The van der Waals surface area contributed by atoms with Crippen LogP contribution in [0.3, 0.4) is 0 Å². The average Bonchev–Trinajstić information content (AvgIpc) is 1.65. The van der Waals surface area contributed by atoms with E-state index >= 15 is 0 Å². The van der Waals surface area contributed by atoms with Crippen molar-refractivity contribution in [1.29, 1.82) is 0 Å². The maximum Gasteiger partial charge on any atom is 0.134 e. The molecule has 0 saturated carbocycles. The largest absolute Gasteiger partial charge is 0.499 e. The van der Waals surface area contributed by atoms with Crippen molar-refractivity contribution in [3.8, 4) is 0 Å². The number of ether oxygens (including phenoxy) is 1. The van der Waals surface area contributed by atoms with Crippen molar-refractivity contribution < 1.29 is 9.13 Å². The second kappa shape index (κ2) is 2.61. The van der Waals surface area contributed by atoms with Crippen LogP contribution in [-0.4, -0.2) is 7.11 Å². The lowest BCUT2D eigenvalue weighted by Crippen LogP contribution is -1.79. The summed E-state index contributed by atoms with van der Waals surface area (Å²) in [5.41, 5.74) is 0. The van der Waals surface area contributed by atoms with Crippen LogP contribution >= 0.6 is 0 Å². The summed E-state index contributed by atoms with van der Waals surface area (Å²) in [7, 11) is 1.44. The molecule has 2 heteroatoms. The third-order valence-electron chi connectivity index (χ3n) is 0.791. The number of rotatable bonds is 1. The predicted molar refractivity (Wildman–Crippen MR) is 26.5 cm³/mol. The first-order valence-electron chi connectivity index (χ1n) is 2.05. The Kier molecular flexibility index (Phi) is 2.41. The molecule has 0 amide bonds. The highest BCUT2D eigenvalue weighted by molar-refractivity contribution is 4.92. The summed E-state index contributed by atoms with van der Waals surface area (Å²) < 4.78 is 16.4. The van der Waals surface area contributed by atoms with E-state index in [4.69, 9.17) is 0 Å². The Morgan fingerprint density at radius 3 is 1.86 bits per heavy atom. The molecule has 42 valence electrons. The second-order valence-electron chi connectivity index (χ2n) is 1.29. The summed E-state index contributed by atoms with van der Waals surface area (Å²) >= 11 is 0. The highest BCUT2D eigenvalue weighted by Crippen LogP contribution is 2.02. The van der Waals surface area contributed by atoms with Crippen molar-refractivity contribution in [2.75, 3.05) is 7.11 Å². The van der Waals surface area contributed by atoms with Gasteiger partial charge in [0.1, 0.15) is 11.6 Å². The fraction of sp³-hybridized carbons (Fsp3) is 0.600. The van der Waals surface area contributed by atoms with Gasteiger partial charge in [-0.05, 0) is 13.8 Å². The molecule has 0 aromatic carbocycles. The Morgan fingerprint density at radius 2 is 1.86 bits per heavy atom. The van der Waals surface area contributed by atoms with Gasteiger partial charge in [0.15, 0.2) is 0 Å². The third-order valence-corrected chi connectivity index (χ3v) is 0.791. The van der Waals surface area contributed by atoms with Gasteiger partial charge in [0.25, 0.3) is 0 Å². The van der Waals surface area contributed by atoms with E-state index < -0.39 is 0 Å². The average molecular weight is 104 g/mol. The Hall–Kier alpha value is -0.530. The SMILES string of the molecule is COC(C)=C(C)F. The Labute approximate surface area is 42.8 Å².